The Morgan fingerprint density at radius 1 is 1.28 bits per heavy atom. The Labute approximate surface area is 215 Å². The van der Waals surface area contributed by atoms with Gasteiger partial charge in [-0.25, -0.2) is 4.39 Å². The number of amides is 1. The number of anilines is 1. The molecule has 1 amide bonds. The second-order valence-electron chi connectivity index (χ2n) is 11.0. The average molecular weight is 494 g/mol. The van der Waals surface area contributed by atoms with Crippen LogP contribution in [0.2, 0.25) is 0 Å². The third-order valence-corrected chi connectivity index (χ3v) is 7.24. The molecule has 6 heteroatoms. The van der Waals surface area contributed by atoms with E-state index in [0.29, 0.717) is 30.1 Å². The van der Waals surface area contributed by atoms with Gasteiger partial charge in [0.25, 0.3) is 5.91 Å². The number of nitrogens with zero attached hydrogens (tertiary/aromatic N) is 1. The minimum absolute atomic E-state index is 0.0209. The second kappa shape index (κ2) is 10.6. The van der Waals surface area contributed by atoms with Gasteiger partial charge >= 0.3 is 0 Å². The van der Waals surface area contributed by atoms with Crippen molar-refractivity contribution in [2.24, 2.45) is 28.0 Å². The van der Waals surface area contributed by atoms with Gasteiger partial charge in [0.05, 0.1) is 12.7 Å². The number of allylic oxidation sites excluding steroid dienone is 5. The van der Waals surface area contributed by atoms with Crippen LogP contribution in [0.25, 0.3) is 5.57 Å². The average Bonchev–Trinajstić information content (AvgIpc) is 2.96. The molecule has 4 unspecified atom stereocenters. The van der Waals surface area contributed by atoms with Crippen LogP contribution in [0.15, 0.2) is 65.5 Å². The normalized spacial score (nSPS) is 26.8. The number of hydrogen-bond acceptors (Lipinski definition) is 3. The van der Waals surface area contributed by atoms with Gasteiger partial charge in [-0.05, 0) is 67.7 Å². The molecule has 1 fully saturated rings. The molecule has 0 bridgehead atoms. The Bertz CT molecular complexity index is 1160. The van der Waals surface area contributed by atoms with Crippen LogP contribution < -0.4 is 11.1 Å². The molecular weight excluding hydrogens is 453 g/mol. The maximum atomic E-state index is 14.0. The summed E-state index contributed by atoms with van der Waals surface area (Å²) in [6.45, 7) is 18.8. The molecule has 0 aromatic heterocycles. The van der Waals surface area contributed by atoms with Crippen LogP contribution in [-0.2, 0) is 15.1 Å². The number of nitrogens with one attached hydrogen (secondary N) is 1. The number of amidine groups is 1. The molecule has 0 spiro atoms. The Morgan fingerprint density at radius 3 is 2.53 bits per heavy atom. The highest BCUT2D eigenvalue weighted by Crippen LogP contribution is 2.46. The lowest BCUT2D eigenvalue weighted by atomic mass is 9.76. The van der Waals surface area contributed by atoms with Gasteiger partial charge in [-0.2, -0.15) is 0 Å². The maximum Gasteiger partial charge on any atom is 0.255 e. The smallest absolute Gasteiger partial charge is 0.255 e. The molecule has 1 saturated heterocycles. The molecule has 3 N–H and O–H groups in total. The van der Waals surface area contributed by atoms with Gasteiger partial charge in [-0.1, -0.05) is 58.9 Å². The highest BCUT2D eigenvalue weighted by molar-refractivity contribution is 6.06. The van der Waals surface area contributed by atoms with Gasteiger partial charge < -0.3 is 15.8 Å². The van der Waals surface area contributed by atoms with Crippen molar-refractivity contribution >= 4 is 23.0 Å². The fraction of sp³-hybridized carbons (Fsp3) is 0.467. The van der Waals surface area contributed by atoms with E-state index in [0.717, 1.165) is 16.7 Å². The fourth-order valence-corrected chi connectivity index (χ4v) is 4.53. The van der Waals surface area contributed by atoms with Crippen LogP contribution in [-0.4, -0.2) is 24.5 Å². The predicted octanol–water partition coefficient (Wildman–Crippen LogP) is 6.69. The van der Waals surface area contributed by atoms with Crippen LogP contribution in [0.4, 0.5) is 10.1 Å². The summed E-state index contributed by atoms with van der Waals surface area (Å²) in [5.74, 6) is -0.192. The van der Waals surface area contributed by atoms with Gasteiger partial charge in [0.2, 0.25) is 0 Å². The molecule has 2 aliphatic rings. The molecule has 5 nitrogen and oxygen atoms in total. The van der Waals surface area contributed by atoms with Gasteiger partial charge in [-0.3, -0.25) is 9.79 Å². The Kier molecular flexibility index (Phi) is 8.09. The summed E-state index contributed by atoms with van der Waals surface area (Å²) in [6, 6.07) is 5.77. The standard InChI is InChI=1S/C30H40FN3O2/c1-9-21-14-22(10-11-23(31)15-21)27(35)33-24-12-13-25(18(2)3)26(16-24)30(17-36-20(5)19(30)4)34-28(32)29(6,7)8/h10-16,19-21H,2,9,17H2,1,3-8H3,(H2,32,34)(H,33,35). The first-order valence-electron chi connectivity index (χ1n) is 12.6. The zero-order chi connectivity index (χ0) is 26.8. The number of nitrogens with two attached hydrogens (primary N) is 1. The molecule has 1 aromatic rings. The molecule has 1 aromatic carbocycles. The second-order valence-corrected chi connectivity index (χ2v) is 11.0. The third kappa shape index (κ3) is 5.70. The highest BCUT2D eigenvalue weighted by Gasteiger charge is 2.49. The van der Waals surface area contributed by atoms with Crippen molar-refractivity contribution < 1.29 is 13.9 Å². The number of hydrogen-bond donors (Lipinski definition) is 2. The first kappa shape index (κ1) is 27.6. The fourth-order valence-electron chi connectivity index (χ4n) is 4.53. The largest absolute Gasteiger partial charge is 0.387 e. The van der Waals surface area contributed by atoms with Gasteiger partial charge in [-0.15, -0.1) is 0 Å². The van der Waals surface area contributed by atoms with Crippen molar-refractivity contribution in [2.75, 3.05) is 11.9 Å². The van der Waals surface area contributed by atoms with Crippen molar-refractivity contribution in [3.05, 3.63) is 71.6 Å². The number of carbonyl (C=O) groups excluding carboxylic acids is 1. The van der Waals surface area contributed by atoms with E-state index in [-0.39, 0.29) is 35.1 Å². The van der Waals surface area contributed by atoms with Crippen molar-refractivity contribution in [3.63, 3.8) is 0 Å². The molecule has 0 radical (unpaired) electrons. The molecule has 3 rings (SSSR count). The van der Waals surface area contributed by atoms with E-state index in [4.69, 9.17) is 15.5 Å². The molecule has 1 aliphatic heterocycles. The Hall–Kier alpha value is -2.99. The third-order valence-electron chi connectivity index (χ3n) is 7.24. The van der Waals surface area contributed by atoms with Crippen LogP contribution in [0.3, 0.4) is 0 Å². The van der Waals surface area contributed by atoms with E-state index in [9.17, 15) is 9.18 Å². The number of aliphatic imine (C=N–C) groups is 1. The molecule has 1 heterocycles. The van der Waals surface area contributed by atoms with Crippen LogP contribution >= 0.6 is 0 Å². The van der Waals surface area contributed by atoms with Crippen molar-refractivity contribution in [1.82, 2.24) is 0 Å². The highest BCUT2D eigenvalue weighted by atomic mass is 19.1. The summed E-state index contributed by atoms with van der Waals surface area (Å²) < 4.78 is 20.1. The van der Waals surface area contributed by atoms with Gasteiger partial charge in [0.15, 0.2) is 0 Å². The number of ether oxygens (including phenoxy) is 1. The summed E-state index contributed by atoms with van der Waals surface area (Å²) >= 11 is 0. The Balaban J connectivity index is 2.09. The van der Waals surface area contributed by atoms with Crippen molar-refractivity contribution in [3.8, 4) is 0 Å². The first-order chi connectivity index (χ1) is 16.8. The zero-order valence-corrected chi connectivity index (χ0v) is 22.6. The summed E-state index contributed by atoms with van der Waals surface area (Å²) in [7, 11) is 0. The summed E-state index contributed by atoms with van der Waals surface area (Å²) in [5, 5.41) is 3.00. The molecule has 36 heavy (non-hydrogen) atoms. The van der Waals surface area contributed by atoms with Crippen LogP contribution in [0.1, 0.15) is 66.0 Å². The Morgan fingerprint density at radius 2 is 1.97 bits per heavy atom. The monoisotopic (exact) mass is 493 g/mol. The number of rotatable bonds is 6. The molecule has 0 saturated carbocycles. The van der Waals surface area contributed by atoms with E-state index in [1.165, 1.54) is 18.2 Å². The van der Waals surface area contributed by atoms with Crippen LogP contribution in [0.5, 0.6) is 0 Å². The topological polar surface area (TPSA) is 76.7 Å². The van der Waals surface area contributed by atoms with E-state index in [1.54, 1.807) is 6.08 Å². The molecule has 1 aliphatic carbocycles. The molecular formula is C30H40FN3O2. The minimum Gasteiger partial charge on any atom is -0.387 e. The predicted molar refractivity (Wildman–Crippen MR) is 147 cm³/mol. The van der Waals surface area contributed by atoms with E-state index in [1.807, 2.05) is 59.7 Å². The minimum atomic E-state index is -0.729. The number of halogens is 1. The maximum absolute atomic E-state index is 14.0. The van der Waals surface area contributed by atoms with Gasteiger partial charge in [0.1, 0.15) is 17.2 Å². The lowest BCUT2D eigenvalue weighted by Crippen LogP contribution is -2.39. The molecule has 194 valence electrons. The zero-order valence-electron chi connectivity index (χ0n) is 22.6. The molecule has 4 atom stereocenters. The summed E-state index contributed by atoms with van der Waals surface area (Å²) in [5.41, 5.74) is 9.27. The van der Waals surface area contributed by atoms with Gasteiger partial charge in [0, 0.05) is 22.6 Å². The summed E-state index contributed by atoms with van der Waals surface area (Å²) in [4.78, 5) is 18.3. The first-order valence-corrected chi connectivity index (χ1v) is 12.6. The number of benzene rings is 1. The van der Waals surface area contributed by atoms with Crippen molar-refractivity contribution in [1.29, 1.82) is 0 Å². The SMILES string of the molecule is C=C(C)c1ccc(NC(=O)C2=CC(CC)C=C(F)C=C2)cc1C1(N=C(N)C(C)(C)C)COC(C)C1C. The van der Waals surface area contributed by atoms with Crippen LogP contribution in [0, 0.1) is 17.3 Å². The summed E-state index contributed by atoms with van der Waals surface area (Å²) in [6.07, 6.45) is 6.85. The van der Waals surface area contributed by atoms with E-state index >= 15 is 0 Å². The lowest BCUT2D eigenvalue weighted by Gasteiger charge is -2.34. The quantitative estimate of drug-likeness (QED) is 0.342. The van der Waals surface area contributed by atoms with E-state index in [2.05, 4.69) is 18.8 Å². The number of carbonyl (C=O) groups is 1. The lowest BCUT2D eigenvalue weighted by molar-refractivity contribution is -0.112. The van der Waals surface area contributed by atoms with E-state index < -0.39 is 5.54 Å². The van der Waals surface area contributed by atoms with Crippen molar-refractivity contribution in [2.45, 2.75) is 66.5 Å².